The smallest absolute Gasteiger partial charge is 0.265 e. The van der Waals surface area contributed by atoms with E-state index in [1.165, 1.54) is 0 Å². The average molecular weight is 466 g/mol. The van der Waals surface area contributed by atoms with E-state index in [-0.39, 0.29) is 30.2 Å². The van der Waals surface area contributed by atoms with Crippen LogP contribution in [0.5, 0.6) is 0 Å². The molecule has 4 aliphatic heterocycles. The summed E-state index contributed by atoms with van der Waals surface area (Å²) in [7, 11) is 0. The highest BCUT2D eigenvalue weighted by atomic mass is 19.1. The number of imide groups is 2. The predicted octanol–water partition coefficient (Wildman–Crippen LogP) is 0.349. The highest BCUT2D eigenvalue weighted by Crippen LogP contribution is 2.33. The van der Waals surface area contributed by atoms with Gasteiger partial charge < -0.3 is 10.2 Å². The second-order valence-corrected chi connectivity index (χ2v) is 8.38. The Balaban J connectivity index is 1.56. The number of rotatable bonds is 4. The van der Waals surface area contributed by atoms with Crippen molar-refractivity contribution in [2.45, 2.75) is 31.7 Å². The first-order chi connectivity index (χ1) is 18.9. The summed E-state index contributed by atoms with van der Waals surface area (Å²) in [5.74, 6) is -5.46. The van der Waals surface area contributed by atoms with Crippen LogP contribution in [0.3, 0.4) is 0 Å². The van der Waals surface area contributed by atoms with Crippen molar-refractivity contribution >= 4 is 29.3 Å². The van der Waals surface area contributed by atoms with Crippen molar-refractivity contribution in [2.75, 3.05) is 50.5 Å². The van der Waals surface area contributed by atoms with Gasteiger partial charge in [-0.15, -0.1) is 0 Å². The van der Waals surface area contributed by atoms with Gasteiger partial charge in [0.05, 0.1) is 16.6 Å². The summed E-state index contributed by atoms with van der Waals surface area (Å²) >= 11 is 0. The fraction of sp³-hybridized carbons (Fsp3) is 0.565. The number of piperidine rings is 2. The molecule has 10 heteroatoms. The summed E-state index contributed by atoms with van der Waals surface area (Å²) in [4.78, 5) is 51.4. The summed E-state index contributed by atoms with van der Waals surface area (Å²) in [6.07, 6.45) is 0.724. The quantitative estimate of drug-likeness (QED) is 0.619. The lowest BCUT2D eigenvalue weighted by Crippen LogP contribution is -2.54. The maximum absolute atomic E-state index is 15.5. The molecule has 5 rings (SSSR count). The van der Waals surface area contributed by atoms with Crippen molar-refractivity contribution in [3.8, 4) is 0 Å². The molecule has 1 aromatic rings. The average Bonchev–Trinajstić information content (AvgIpc) is 3.12. The Morgan fingerprint density at radius 2 is 1.73 bits per heavy atom. The number of piperazine rings is 1. The Kier molecular flexibility index (Phi) is 3.86. The zero-order valence-corrected chi connectivity index (χ0v) is 17.6. The van der Waals surface area contributed by atoms with Gasteiger partial charge in [-0.1, -0.05) is 0 Å². The number of nitrogens with one attached hydrogen (secondary N) is 2. The first-order valence-corrected chi connectivity index (χ1v) is 10.8. The Hall–Kier alpha value is -2.85. The molecule has 0 radical (unpaired) electrons. The third-order valence-corrected chi connectivity index (χ3v) is 6.23. The number of fused-ring (bicyclic) bond motifs is 1. The van der Waals surface area contributed by atoms with Crippen molar-refractivity contribution < 1.29 is 34.5 Å². The maximum Gasteiger partial charge on any atom is 0.265 e. The summed E-state index contributed by atoms with van der Waals surface area (Å²) < 4.78 is 84.9. The minimum Gasteiger partial charge on any atom is -0.369 e. The van der Waals surface area contributed by atoms with Crippen LogP contribution in [-0.2, 0) is 9.59 Å². The SMILES string of the molecule is [2H]C1([2H])N(CC2CCNCC2)C([2H])([2H])C([2H])([2H])N(c2cc(F)c3c(c2)C(=O)N(C2CCC(=O)NC2=O)C3=O)C1([2H])[2H]. The first-order valence-electron chi connectivity index (χ1n) is 14.8. The molecule has 0 saturated carbocycles. The molecule has 0 spiro atoms. The number of carbonyl (C=O) groups excluding carboxylic acids is 4. The predicted molar refractivity (Wildman–Crippen MR) is 117 cm³/mol. The molecule has 3 saturated heterocycles. The third kappa shape index (κ3) is 4.13. The maximum atomic E-state index is 15.5. The van der Waals surface area contributed by atoms with Gasteiger partial charge in [0.1, 0.15) is 11.9 Å². The van der Waals surface area contributed by atoms with E-state index in [1.54, 1.807) is 0 Å². The molecule has 0 aliphatic carbocycles. The van der Waals surface area contributed by atoms with Gasteiger partial charge in [0.15, 0.2) is 0 Å². The van der Waals surface area contributed by atoms with Crippen molar-refractivity contribution in [1.82, 2.24) is 20.4 Å². The van der Waals surface area contributed by atoms with Gasteiger partial charge in [0, 0.05) is 50.1 Å². The molecule has 33 heavy (non-hydrogen) atoms. The largest absolute Gasteiger partial charge is 0.369 e. The number of hydrogen-bond donors (Lipinski definition) is 2. The minimum atomic E-state index is -3.30. The summed E-state index contributed by atoms with van der Waals surface area (Å²) in [5, 5.41) is 5.13. The van der Waals surface area contributed by atoms with E-state index in [0.717, 1.165) is 6.07 Å². The van der Waals surface area contributed by atoms with E-state index in [0.29, 0.717) is 41.8 Å². The lowest BCUT2D eigenvalue weighted by Gasteiger charge is -2.38. The van der Waals surface area contributed by atoms with Gasteiger partial charge in [0.2, 0.25) is 11.8 Å². The van der Waals surface area contributed by atoms with Gasteiger partial charge in [-0.2, -0.15) is 0 Å². The van der Waals surface area contributed by atoms with Gasteiger partial charge in [-0.3, -0.25) is 34.3 Å². The molecule has 1 atom stereocenters. The van der Waals surface area contributed by atoms with Crippen LogP contribution >= 0.6 is 0 Å². The van der Waals surface area contributed by atoms with E-state index in [4.69, 9.17) is 11.0 Å². The monoisotopic (exact) mass is 465 g/mol. The Bertz CT molecular complexity index is 1310. The minimum absolute atomic E-state index is 0.134. The Morgan fingerprint density at radius 1 is 1.00 bits per heavy atom. The topological polar surface area (TPSA) is 102 Å². The van der Waals surface area contributed by atoms with Crippen LogP contribution in [0, 0.1) is 11.7 Å². The van der Waals surface area contributed by atoms with Crippen LogP contribution in [0.4, 0.5) is 10.1 Å². The highest BCUT2D eigenvalue weighted by molar-refractivity contribution is 6.23. The van der Waals surface area contributed by atoms with Gasteiger partial charge in [-0.25, -0.2) is 4.39 Å². The molecule has 4 amide bonds. The number of amides is 4. The molecule has 0 bridgehead atoms. The zero-order valence-electron chi connectivity index (χ0n) is 25.6. The fourth-order valence-electron chi connectivity index (χ4n) is 4.48. The molecule has 4 heterocycles. The van der Waals surface area contributed by atoms with E-state index in [1.807, 2.05) is 5.32 Å². The Labute approximate surface area is 202 Å². The molecular formula is C23H28FN5O4. The standard InChI is InChI=1S/C23H28FN5O4/c24-17-12-15(28-9-7-27(8-10-28)13-14-3-5-25-6-4-14)11-16-20(17)23(33)29(22(16)32)18-1-2-19(30)26-21(18)31/h11-12,14,18,25H,1-10,13H2,(H,26,30,31)/i7D2,8D2,9D2,10D2. The van der Waals surface area contributed by atoms with Crippen LogP contribution in [-0.4, -0.2) is 85.1 Å². The summed E-state index contributed by atoms with van der Waals surface area (Å²) in [6.45, 7) is -12.0. The highest BCUT2D eigenvalue weighted by Gasteiger charge is 2.46. The number of anilines is 1. The number of halogens is 1. The molecule has 1 aromatic carbocycles. The van der Waals surface area contributed by atoms with Crippen LogP contribution in [0.2, 0.25) is 0 Å². The Morgan fingerprint density at radius 3 is 2.42 bits per heavy atom. The van der Waals surface area contributed by atoms with Crippen molar-refractivity contribution in [3.05, 3.63) is 29.1 Å². The summed E-state index contributed by atoms with van der Waals surface area (Å²) in [6, 6.07) is -0.0699. The molecule has 4 aliphatic rings. The van der Waals surface area contributed by atoms with E-state index < -0.39 is 78.3 Å². The molecule has 9 nitrogen and oxygen atoms in total. The van der Waals surface area contributed by atoms with Gasteiger partial charge in [0.25, 0.3) is 11.8 Å². The normalized spacial score (nSPS) is 34.6. The molecule has 176 valence electrons. The van der Waals surface area contributed by atoms with Crippen molar-refractivity contribution in [1.29, 1.82) is 0 Å². The summed E-state index contributed by atoms with van der Waals surface area (Å²) in [5.41, 5.74) is -2.09. The van der Waals surface area contributed by atoms with Crippen LogP contribution in [0.1, 0.15) is 57.4 Å². The van der Waals surface area contributed by atoms with Gasteiger partial charge >= 0.3 is 0 Å². The fourth-order valence-corrected chi connectivity index (χ4v) is 4.48. The number of carbonyl (C=O) groups is 4. The molecule has 1 unspecified atom stereocenters. The van der Waals surface area contributed by atoms with Crippen LogP contribution in [0.15, 0.2) is 12.1 Å². The lowest BCUT2D eigenvalue weighted by atomic mass is 9.97. The molecule has 3 fully saturated rings. The van der Waals surface area contributed by atoms with Crippen LogP contribution in [0.25, 0.3) is 0 Å². The zero-order chi connectivity index (χ0) is 30.3. The van der Waals surface area contributed by atoms with E-state index >= 15 is 4.39 Å². The third-order valence-electron chi connectivity index (χ3n) is 6.23. The number of nitrogens with zero attached hydrogens (tertiary/aromatic N) is 3. The molecular weight excluding hydrogens is 429 g/mol. The van der Waals surface area contributed by atoms with Gasteiger partial charge in [-0.05, 0) is 50.4 Å². The molecule has 2 N–H and O–H groups in total. The van der Waals surface area contributed by atoms with Crippen molar-refractivity contribution in [3.63, 3.8) is 0 Å². The van der Waals surface area contributed by atoms with E-state index in [9.17, 15) is 19.2 Å². The second-order valence-electron chi connectivity index (χ2n) is 8.38. The second kappa shape index (κ2) is 8.83. The lowest BCUT2D eigenvalue weighted by molar-refractivity contribution is -0.136. The first kappa shape index (κ1) is 14.4. The van der Waals surface area contributed by atoms with Crippen LogP contribution < -0.4 is 15.5 Å². The number of benzene rings is 1. The molecule has 0 aromatic heterocycles. The number of hydrogen-bond acceptors (Lipinski definition) is 7. The van der Waals surface area contributed by atoms with Crippen molar-refractivity contribution in [2.24, 2.45) is 5.92 Å². The van der Waals surface area contributed by atoms with E-state index in [2.05, 4.69) is 5.32 Å².